The Balaban J connectivity index is 2.10. The van der Waals surface area contributed by atoms with Crippen molar-refractivity contribution < 1.29 is 19.0 Å². The van der Waals surface area contributed by atoms with Crippen molar-refractivity contribution in [2.45, 2.75) is 6.61 Å². The lowest BCUT2D eigenvalue weighted by atomic mass is 10.2. The fourth-order valence-electron chi connectivity index (χ4n) is 1.58. The maximum absolute atomic E-state index is 13.4. The number of hydrogen-bond acceptors (Lipinski definition) is 3. The molecule has 2 rings (SSSR count). The summed E-state index contributed by atoms with van der Waals surface area (Å²) >= 11 is 0. The molecule has 0 amide bonds. The van der Waals surface area contributed by atoms with E-state index >= 15 is 0 Å². The first-order valence-electron chi connectivity index (χ1n) is 5.87. The van der Waals surface area contributed by atoms with Crippen molar-refractivity contribution in [1.82, 2.24) is 4.98 Å². The van der Waals surface area contributed by atoms with E-state index in [-0.39, 0.29) is 6.61 Å². The fraction of sp³-hybridized carbons (Fsp3) is 0.0667. The monoisotopic (exact) mass is 273 g/mol. The summed E-state index contributed by atoms with van der Waals surface area (Å²) in [6.07, 6.45) is 5.56. The molecule has 1 aromatic carbocycles. The van der Waals surface area contributed by atoms with Crippen LogP contribution in [0.2, 0.25) is 0 Å². The van der Waals surface area contributed by atoms with Gasteiger partial charge in [0.05, 0.1) is 0 Å². The molecule has 0 aliphatic carbocycles. The van der Waals surface area contributed by atoms with Gasteiger partial charge in [0.15, 0.2) is 0 Å². The van der Waals surface area contributed by atoms with E-state index in [9.17, 15) is 9.18 Å². The first kappa shape index (κ1) is 13.7. The smallest absolute Gasteiger partial charge is 0.328 e. The molecule has 20 heavy (non-hydrogen) atoms. The maximum atomic E-state index is 13.4. The highest BCUT2D eigenvalue weighted by molar-refractivity contribution is 5.85. The van der Waals surface area contributed by atoms with Crippen LogP contribution in [0.1, 0.15) is 11.1 Å². The second kappa shape index (κ2) is 6.47. The van der Waals surface area contributed by atoms with Crippen molar-refractivity contribution >= 4 is 12.0 Å². The second-order valence-corrected chi connectivity index (χ2v) is 4.04. The zero-order valence-corrected chi connectivity index (χ0v) is 10.5. The topological polar surface area (TPSA) is 59.4 Å². The van der Waals surface area contributed by atoms with E-state index in [2.05, 4.69) is 4.98 Å². The molecule has 0 fully saturated rings. The van der Waals surface area contributed by atoms with Gasteiger partial charge in [-0.05, 0) is 29.8 Å². The van der Waals surface area contributed by atoms with Crippen molar-refractivity contribution in [3.05, 3.63) is 65.7 Å². The number of hydrogen-bond donors (Lipinski definition) is 1. The normalized spacial score (nSPS) is 10.7. The first-order valence-corrected chi connectivity index (χ1v) is 5.87. The predicted octanol–water partition coefficient (Wildman–Crippen LogP) is 2.90. The van der Waals surface area contributed by atoms with Crippen LogP contribution in [0, 0.1) is 5.82 Å². The lowest BCUT2D eigenvalue weighted by Gasteiger charge is -2.07. The first-order chi connectivity index (χ1) is 9.63. The van der Waals surface area contributed by atoms with Crippen LogP contribution in [0.15, 0.2) is 48.8 Å². The van der Waals surface area contributed by atoms with Crippen LogP contribution in [0.25, 0.3) is 6.08 Å². The Morgan fingerprint density at radius 2 is 2.25 bits per heavy atom. The Hall–Kier alpha value is -2.69. The number of nitrogens with zero attached hydrogens (tertiary/aromatic N) is 1. The molecule has 102 valence electrons. The molecule has 2 aromatic rings. The molecule has 0 aliphatic heterocycles. The Morgan fingerprint density at radius 3 is 2.95 bits per heavy atom. The van der Waals surface area contributed by atoms with Crippen LogP contribution < -0.4 is 4.74 Å². The van der Waals surface area contributed by atoms with E-state index in [1.807, 2.05) is 6.07 Å². The van der Waals surface area contributed by atoms with Crippen molar-refractivity contribution in [3.8, 4) is 5.75 Å². The van der Waals surface area contributed by atoms with Gasteiger partial charge >= 0.3 is 5.97 Å². The van der Waals surface area contributed by atoms with Crippen molar-refractivity contribution in [1.29, 1.82) is 0 Å². The zero-order chi connectivity index (χ0) is 14.4. The molecule has 0 atom stereocenters. The van der Waals surface area contributed by atoms with Gasteiger partial charge in [-0.3, -0.25) is 4.98 Å². The Bertz CT molecular complexity index is 626. The van der Waals surface area contributed by atoms with Gasteiger partial charge < -0.3 is 9.84 Å². The fourth-order valence-corrected chi connectivity index (χ4v) is 1.58. The van der Waals surface area contributed by atoms with Gasteiger partial charge in [0.2, 0.25) is 0 Å². The number of aromatic nitrogens is 1. The van der Waals surface area contributed by atoms with Crippen LogP contribution in [-0.2, 0) is 11.4 Å². The largest absolute Gasteiger partial charge is 0.489 e. The number of carboxylic acids is 1. The summed E-state index contributed by atoms with van der Waals surface area (Å²) in [4.78, 5) is 14.4. The molecule has 0 unspecified atom stereocenters. The standard InChI is InChI=1S/C15H12FNO3/c16-13-6-11(3-4-15(18)19)7-14(8-13)20-10-12-2-1-5-17-9-12/h1-9H,10H2,(H,18,19)/b4-3+. The number of carboxylic acid groups (broad SMARTS) is 1. The molecule has 0 aliphatic rings. The van der Waals surface area contributed by atoms with Crippen molar-refractivity contribution in [2.24, 2.45) is 0 Å². The summed E-state index contributed by atoms with van der Waals surface area (Å²) < 4.78 is 18.9. The third-order valence-electron chi connectivity index (χ3n) is 2.44. The SMILES string of the molecule is O=C(O)/C=C/c1cc(F)cc(OCc2cccnc2)c1. The Morgan fingerprint density at radius 1 is 1.40 bits per heavy atom. The highest BCUT2D eigenvalue weighted by Gasteiger charge is 2.01. The van der Waals surface area contributed by atoms with Crippen LogP contribution >= 0.6 is 0 Å². The number of rotatable bonds is 5. The summed E-state index contributed by atoms with van der Waals surface area (Å²) in [5.41, 5.74) is 1.29. The third-order valence-corrected chi connectivity index (χ3v) is 2.44. The minimum absolute atomic E-state index is 0.263. The molecule has 0 bridgehead atoms. The van der Waals surface area contributed by atoms with E-state index in [0.717, 1.165) is 11.6 Å². The van der Waals surface area contributed by atoms with Crippen LogP contribution in [-0.4, -0.2) is 16.1 Å². The number of aliphatic carboxylic acids is 1. The number of halogens is 1. The van der Waals surface area contributed by atoms with E-state index < -0.39 is 11.8 Å². The third kappa shape index (κ3) is 4.20. The molecule has 1 heterocycles. The number of ether oxygens (including phenoxy) is 1. The van der Waals surface area contributed by atoms with Gasteiger partial charge in [0.1, 0.15) is 18.2 Å². The Kier molecular flexibility index (Phi) is 4.44. The minimum atomic E-state index is -1.09. The lowest BCUT2D eigenvalue weighted by molar-refractivity contribution is -0.131. The molecule has 0 saturated heterocycles. The van der Waals surface area contributed by atoms with E-state index in [1.54, 1.807) is 24.5 Å². The van der Waals surface area contributed by atoms with E-state index in [1.165, 1.54) is 18.2 Å². The molecular formula is C15H12FNO3. The molecule has 1 N–H and O–H groups in total. The molecule has 0 spiro atoms. The second-order valence-electron chi connectivity index (χ2n) is 4.04. The summed E-state index contributed by atoms with van der Waals surface area (Å²) in [5, 5.41) is 8.55. The lowest BCUT2D eigenvalue weighted by Crippen LogP contribution is -1.96. The average Bonchev–Trinajstić information content (AvgIpc) is 2.44. The summed E-state index contributed by atoms with van der Waals surface area (Å²) in [7, 11) is 0. The van der Waals surface area contributed by atoms with Crippen LogP contribution in [0.5, 0.6) is 5.75 Å². The van der Waals surface area contributed by atoms with Crippen LogP contribution in [0.4, 0.5) is 4.39 Å². The predicted molar refractivity (Wildman–Crippen MR) is 71.6 cm³/mol. The summed E-state index contributed by atoms with van der Waals surface area (Å²) in [5.74, 6) is -1.25. The number of carbonyl (C=O) groups is 1. The van der Waals surface area contributed by atoms with Gasteiger partial charge in [-0.15, -0.1) is 0 Å². The molecule has 5 heteroatoms. The van der Waals surface area contributed by atoms with Gasteiger partial charge in [0.25, 0.3) is 0 Å². The Labute approximate surface area is 115 Å². The van der Waals surface area contributed by atoms with Crippen LogP contribution in [0.3, 0.4) is 0 Å². The molecule has 0 radical (unpaired) electrons. The highest BCUT2D eigenvalue weighted by Crippen LogP contribution is 2.18. The van der Waals surface area contributed by atoms with Gasteiger partial charge in [-0.25, -0.2) is 9.18 Å². The molecule has 4 nitrogen and oxygen atoms in total. The van der Waals surface area contributed by atoms with Gasteiger partial charge in [-0.2, -0.15) is 0 Å². The molecular weight excluding hydrogens is 261 g/mol. The van der Waals surface area contributed by atoms with Gasteiger partial charge in [-0.1, -0.05) is 6.07 Å². The summed E-state index contributed by atoms with van der Waals surface area (Å²) in [6.45, 7) is 0.263. The van der Waals surface area contributed by atoms with E-state index in [4.69, 9.17) is 9.84 Å². The number of pyridine rings is 1. The van der Waals surface area contributed by atoms with Crippen molar-refractivity contribution in [2.75, 3.05) is 0 Å². The maximum Gasteiger partial charge on any atom is 0.328 e. The minimum Gasteiger partial charge on any atom is -0.489 e. The van der Waals surface area contributed by atoms with Gasteiger partial charge in [0, 0.05) is 30.1 Å². The quantitative estimate of drug-likeness (QED) is 0.851. The van der Waals surface area contributed by atoms with E-state index in [0.29, 0.717) is 11.3 Å². The zero-order valence-electron chi connectivity index (χ0n) is 10.5. The summed E-state index contributed by atoms with van der Waals surface area (Å²) in [6, 6.07) is 7.67. The van der Waals surface area contributed by atoms with Crippen molar-refractivity contribution in [3.63, 3.8) is 0 Å². The highest BCUT2D eigenvalue weighted by atomic mass is 19.1. The average molecular weight is 273 g/mol. The molecule has 0 saturated carbocycles. The number of benzene rings is 1. The molecule has 1 aromatic heterocycles.